The van der Waals surface area contributed by atoms with E-state index in [0.29, 0.717) is 25.9 Å². The lowest BCUT2D eigenvalue weighted by molar-refractivity contribution is -0.137. The van der Waals surface area contributed by atoms with Gasteiger partial charge < -0.3 is 15.0 Å². The van der Waals surface area contributed by atoms with Crippen LogP contribution in [0.3, 0.4) is 0 Å². The standard InChI is InChI=1S/C14H22N2O2/c1-14(2)10-16(8-6-12(14)17)13(18)4-3-11-5-7-15-9-11/h5,7,9,12,15,17H,3-4,6,8,10H2,1-2H3. The van der Waals surface area contributed by atoms with Gasteiger partial charge in [0.1, 0.15) is 0 Å². The van der Waals surface area contributed by atoms with Gasteiger partial charge in [0.2, 0.25) is 5.91 Å². The number of aryl methyl sites for hydroxylation is 1. The van der Waals surface area contributed by atoms with E-state index in [1.807, 2.05) is 37.2 Å². The molecule has 0 radical (unpaired) electrons. The van der Waals surface area contributed by atoms with Crippen molar-refractivity contribution in [2.24, 2.45) is 5.41 Å². The lowest BCUT2D eigenvalue weighted by Gasteiger charge is -2.41. The maximum Gasteiger partial charge on any atom is 0.222 e. The second kappa shape index (κ2) is 5.14. The average molecular weight is 250 g/mol. The highest BCUT2D eigenvalue weighted by molar-refractivity contribution is 5.76. The number of hydrogen-bond donors (Lipinski definition) is 2. The number of likely N-dealkylation sites (tertiary alicyclic amines) is 1. The summed E-state index contributed by atoms with van der Waals surface area (Å²) < 4.78 is 0. The summed E-state index contributed by atoms with van der Waals surface area (Å²) >= 11 is 0. The zero-order valence-electron chi connectivity index (χ0n) is 11.1. The summed E-state index contributed by atoms with van der Waals surface area (Å²) in [7, 11) is 0. The number of amides is 1. The second-order valence-electron chi connectivity index (χ2n) is 5.83. The fourth-order valence-corrected chi connectivity index (χ4v) is 2.48. The molecule has 1 atom stereocenters. The van der Waals surface area contributed by atoms with Crippen LogP contribution >= 0.6 is 0 Å². The SMILES string of the molecule is CC1(C)CN(C(=O)CCc2cc[nH]c2)CCC1O. The molecule has 4 heteroatoms. The van der Waals surface area contributed by atoms with Crippen molar-refractivity contribution in [3.8, 4) is 0 Å². The van der Waals surface area contributed by atoms with Gasteiger partial charge in [-0.05, 0) is 24.5 Å². The van der Waals surface area contributed by atoms with E-state index in [9.17, 15) is 9.90 Å². The number of aromatic amines is 1. The van der Waals surface area contributed by atoms with Gasteiger partial charge in [0.15, 0.2) is 0 Å². The van der Waals surface area contributed by atoms with E-state index >= 15 is 0 Å². The van der Waals surface area contributed by atoms with Gasteiger partial charge in [-0.2, -0.15) is 0 Å². The molecule has 0 saturated carbocycles. The molecule has 2 heterocycles. The van der Waals surface area contributed by atoms with Gasteiger partial charge in [-0.3, -0.25) is 4.79 Å². The Morgan fingerprint density at radius 3 is 3.00 bits per heavy atom. The van der Waals surface area contributed by atoms with Crippen molar-refractivity contribution in [2.75, 3.05) is 13.1 Å². The van der Waals surface area contributed by atoms with E-state index in [1.54, 1.807) is 0 Å². The number of H-pyrrole nitrogens is 1. The number of rotatable bonds is 3. The molecule has 1 aromatic rings. The zero-order chi connectivity index (χ0) is 13.2. The summed E-state index contributed by atoms with van der Waals surface area (Å²) in [5.41, 5.74) is 0.974. The largest absolute Gasteiger partial charge is 0.392 e. The average Bonchev–Trinajstić information content (AvgIpc) is 2.82. The lowest BCUT2D eigenvalue weighted by Crippen LogP contribution is -2.50. The second-order valence-corrected chi connectivity index (χ2v) is 5.83. The van der Waals surface area contributed by atoms with Gasteiger partial charge in [0.25, 0.3) is 0 Å². The van der Waals surface area contributed by atoms with Crippen molar-refractivity contribution in [1.29, 1.82) is 0 Å². The minimum atomic E-state index is -0.300. The monoisotopic (exact) mass is 250 g/mol. The van der Waals surface area contributed by atoms with E-state index < -0.39 is 0 Å². The van der Waals surface area contributed by atoms with Gasteiger partial charge in [-0.1, -0.05) is 13.8 Å². The van der Waals surface area contributed by atoms with Crippen LogP contribution in [-0.4, -0.2) is 40.1 Å². The molecular formula is C14H22N2O2. The van der Waals surface area contributed by atoms with Crippen LogP contribution < -0.4 is 0 Å². The van der Waals surface area contributed by atoms with E-state index in [-0.39, 0.29) is 17.4 Å². The van der Waals surface area contributed by atoms with Gasteiger partial charge >= 0.3 is 0 Å². The van der Waals surface area contributed by atoms with Crippen molar-refractivity contribution in [2.45, 2.75) is 39.2 Å². The minimum Gasteiger partial charge on any atom is -0.392 e. The molecule has 1 fully saturated rings. The van der Waals surface area contributed by atoms with Gasteiger partial charge in [0.05, 0.1) is 6.10 Å². The summed E-state index contributed by atoms with van der Waals surface area (Å²) in [5, 5.41) is 9.87. The summed E-state index contributed by atoms with van der Waals surface area (Å²) in [6.07, 6.45) is 5.51. The van der Waals surface area contributed by atoms with Crippen molar-refractivity contribution in [3.05, 3.63) is 24.0 Å². The van der Waals surface area contributed by atoms with Crippen molar-refractivity contribution in [3.63, 3.8) is 0 Å². The van der Waals surface area contributed by atoms with Crippen molar-refractivity contribution >= 4 is 5.91 Å². The molecule has 1 saturated heterocycles. The Morgan fingerprint density at radius 2 is 2.39 bits per heavy atom. The van der Waals surface area contributed by atoms with Gasteiger partial charge in [-0.25, -0.2) is 0 Å². The smallest absolute Gasteiger partial charge is 0.222 e. The quantitative estimate of drug-likeness (QED) is 0.855. The molecule has 1 aromatic heterocycles. The van der Waals surface area contributed by atoms with Crippen LogP contribution in [-0.2, 0) is 11.2 Å². The number of piperidine rings is 1. The maximum absolute atomic E-state index is 12.1. The number of aliphatic hydroxyl groups excluding tert-OH is 1. The third kappa shape index (κ3) is 2.93. The topological polar surface area (TPSA) is 56.3 Å². The summed E-state index contributed by atoms with van der Waals surface area (Å²) in [6.45, 7) is 5.36. The zero-order valence-corrected chi connectivity index (χ0v) is 11.1. The maximum atomic E-state index is 12.1. The molecule has 0 aromatic carbocycles. The highest BCUT2D eigenvalue weighted by Crippen LogP contribution is 2.29. The van der Waals surface area contributed by atoms with Crippen LogP contribution in [0.4, 0.5) is 0 Å². The van der Waals surface area contributed by atoms with E-state index in [4.69, 9.17) is 0 Å². The first kappa shape index (κ1) is 13.1. The summed E-state index contributed by atoms with van der Waals surface area (Å²) in [5.74, 6) is 0.191. The van der Waals surface area contributed by atoms with Crippen LogP contribution in [0.15, 0.2) is 18.5 Å². The Kier molecular flexibility index (Phi) is 3.76. The first-order valence-corrected chi connectivity index (χ1v) is 6.56. The molecule has 2 rings (SSSR count). The number of aromatic nitrogens is 1. The molecule has 1 aliphatic heterocycles. The van der Waals surface area contributed by atoms with Crippen LogP contribution in [0.2, 0.25) is 0 Å². The number of nitrogens with one attached hydrogen (secondary N) is 1. The first-order valence-electron chi connectivity index (χ1n) is 6.56. The predicted molar refractivity (Wildman–Crippen MR) is 70.1 cm³/mol. The molecule has 0 bridgehead atoms. The number of carbonyl (C=O) groups is 1. The van der Waals surface area contributed by atoms with Crippen molar-refractivity contribution < 1.29 is 9.90 Å². The molecule has 0 aliphatic carbocycles. The van der Waals surface area contributed by atoms with Crippen LogP contribution in [0.5, 0.6) is 0 Å². The molecule has 1 aliphatic rings. The highest BCUT2D eigenvalue weighted by Gasteiger charge is 2.36. The molecule has 100 valence electrons. The fraction of sp³-hybridized carbons (Fsp3) is 0.643. The first-order chi connectivity index (χ1) is 8.49. The minimum absolute atomic E-state index is 0.191. The number of hydrogen-bond acceptors (Lipinski definition) is 2. The molecule has 2 N–H and O–H groups in total. The van der Waals surface area contributed by atoms with E-state index in [1.165, 1.54) is 5.56 Å². The number of nitrogens with zero attached hydrogens (tertiary/aromatic N) is 1. The normalized spacial score (nSPS) is 23.1. The number of aliphatic hydroxyl groups is 1. The molecule has 1 amide bonds. The van der Waals surface area contributed by atoms with E-state index in [2.05, 4.69) is 4.98 Å². The lowest BCUT2D eigenvalue weighted by atomic mass is 9.81. The highest BCUT2D eigenvalue weighted by atomic mass is 16.3. The predicted octanol–water partition coefficient (Wildman–Crippen LogP) is 1.57. The Hall–Kier alpha value is -1.29. The molecule has 0 spiro atoms. The molecule has 4 nitrogen and oxygen atoms in total. The van der Waals surface area contributed by atoms with Crippen LogP contribution in [0.25, 0.3) is 0 Å². The number of carbonyl (C=O) groups excluding carboxylic acids is 1. The Morgan fingerprint density at radius 1 is 1.61 bits per heavy atom. The summed E-state index contributed by atoms with van der Waals surface area (Å²) in [6, 6.07) is 2.00. The third-order valence-corrected chi connectivity index (χ3v) is 3.82. The third-order valence-electron chi connectivity index (χ3n) is 3.82. The Balaban J connectivity index is 1.86. The van der Waals surface area contributed by atoms with Crippen LogP contribution in [0.1, 0.15) is 32.3 Å². The molecular weight excluding hydrogens is 228 g/mol. The fourth-order valence-electron chi connectivity index (χ4n) is 2.48. The summed E-state index contributed by atoms with van der Waals surface area (Å²) in [4.78, 5) is 17.0. The van der Waals surface area contributed by atoms with Gasteiger partial charge in [0, 0.05) is 37.3 Å². The molecule has 1 unspecified atom stereocenters. The Bertz CT molecular complexity index is 398. The van der Waals surface area contributed by atoms with Crippen LogP contribution in [0, 0.1) is 5.41 Å². The van der Waals surface area contributed by atoms with Gasteiger partial charge in [-0.15, -0.1) is 0 Å². The van der Waals surface area contributed by atoms with Crippen molar-refractivity contribution in [1.82, 2.24) is 9.88 Å². The Labute approximate surface area is 108 Å². The van der Waals surface area contributed by atoms with E-state index in [0.717, 1.165) is 6.42 Å². The molecule has 18 heavy (non-hydrogen) atoms.